The minimum atomic E-state index is -0.0271. The molecule has 0 aromatic heterocycles. The molecule has 0 saturated carbocycles. The zero-order valence-electron chi connectivity index (χ0n) is 11.1. The smallest absolute Gasteiger partial charge is 0.306 e. The summed E-state index contributed by atoms with van der Waals surface area (Å²) in [5.41, 5.74) is 0. The fraction of sp³-hybridized carbons (Fsp3) is 0.800. The summed E-state index contributed by atoms with van der Waals surface area (Å²) in [5.74, 6) is -0.0271. The quantitative estimate of drug-likeness (QED) is 0.462. The van der Waals surface area contributed by atoms with Crippen LogP contribution >= 0.6 is 0 Å². The lowest BCUT2D eigenvalue weighted by Gasteiger charge is -2.10. The van der Waals surface area contributed by atoms with Gasteiger partial charge in [0.1, 0.15) is 6.10 Å². The van der Waals surface area contributed by atoms with Crippen LogP contribution in [0.3, 0.4) is 0 Å². The molecule has 0 fully saturated rings. The number of cyclic esters (lactones) is 1. The Kier molecular flexibility index (Phi) is 7.78. The first-order valence-corrected chi connectivity index (χ1v) is 7.13. The Morgan fingerprint density at radius 3 is 2.41 bits per heavy atom. The minimum Gasteiger partial charge on any atom is -0.462 e. The molecule has 1 heterocycles. The highest BCUT2D eigenvalue weighted by atomic mass is 16.5. The fourth-order valence-electron chi connectivity index (χ4n) is 2.15. The lowest BCUT2D eigenvalue weighted by molar-refractivity contribution is -0.148. The number of hydrogen-bond donors (Lipinski definition) is 0. The van der Waals surface area contributed by atoms with Crippen LogP contribution in [0, 0.1) is 0 Å². The van der Waals surface area contributed by atoms with Crippen molar-refractivity contribution in [1.82, 2.24) is 0 Å². The number of carbonyl (C=O) groups excluding carboxylic acids is 1. The van der Waals surface area contributed by atoms with Crippen LogP contribution in [-0.2, 0) is 9.53 Å². The van der Waals surface area contributed by atoms with Crippen molar-refractivity contribution in [2.45, 2.75) is 77.2 Å². The van der Waals surface area contributed by atoms with Crippen LogP contribution in [0.2, 0.25) is 0 Å². The molecule has 0 amide bonds. The molecule has 2 nitrogen and oxygen atoms in total. The molecule has 0 aliphatic carbocycles. The molecule has 1 unspecified atom stereocenters. The predicted octanol–water partition coefficient (Wildman–Crippen LogP) is 4.39. The van der Waals surface area contributed by atoms with Crippen LogP contribution in [-0.4, -0.2) is 12.1 Å². The van der Waals surface area contributed by atoms with Crippen molar-refractivity contribution in [2.24, 2.45) is 0 Å². The largest absolute Gasteiger partial charge is 0.462 e. The standard InChI is InChI=1S/C15H26O2/c1-14-12-10-8-6-4-2-3-5-7-9-11-13-15(16)17-14/h8,10,14H,2-7,9,11-13H2,1H3/b10-8-. The van der Waals surface area contributed by atoms with E-state index in [1.165, 1.54) is 44.9 Å². The van der Waals surface area contributed by atoms with Gasteiger partial charge in [-0.05, 0) is 26.2 Å². The molecule has 0 spiro atoms. The zero-order chi connectivity index (χ0) is 12.3. The number of ether oxygens (including phenoxy) is 1. The lowest BCUT2D eigenvalue weighted by atomic mass is 10.1. The molecule has 0 radical (unpaired) electrons. The van der Waals surface area contributed by atoms with Crippen molar-refractivity contribution in [3.8, 4) is 0 Å². The van der Waals surface area contributed by atoms with Gasteiger partial charge < -0.3 is 4.74 Å². The Morgan fingerprint density at radius 2 is 1.65 bits per heavy atom. The van der Waals surface area contributed by atoms with Crippen LogP contribution in [0.4, 0.5) is 0 Å². The van der Waals surface area contributed by atoms with Crippen LogP contribution in [0.1, 0.15) is 71.1 Å². The highest BCUT2D eigenvalue weighted by molar-refractivity contribution is 5.69. The van der Waals surface area contributed by atoms with Gasteiger partial charge in [-0.1, -0.05) is 44.3 Å². The van der Waals surface area contributed by atoms with E-state index in [2.05, 4.69) is 12.2 Å². The summed E-state index contributed by atoms with van der Waals surface area (Å²) in [5, 5.41) is 0. The van der Waals surface area contributed by atoms with E-state index in [1.54, 1.807) is 0 Å². The molecule has 0 N–H and O–H groups in total. The lowest BCUT2D eigenvalue weighted by Crippen LogP contribution is -2.13. The number of allylic oxidation sites excluding steroid dienone is 1. The first-order chi connectivity index (χ1) is 8.29. The van der Waals surface area contributed by atoms with Crippen LogP contribution in [0.15, 0.2) is 12.2 Å². The minimum absolute atomic E-state index is 0.0271. The van der Waals surface area contributed by atoms with E-state index < -0.39 is 0 Å². The third-order valence-electron chi connectivity index (χ3n) is 3.22. The summed E-state index contributed by atoms with van der Waals surface area (Å²) in [6.45, 7) is 1.97. The van der Waals surface area contributed by atoms with Crippen molar-refractivity contribution >= 4 is 5.97 Å². The average molecular weight is 238 g/mol. The van der Waals surface area contributed by atoms with E-state index in [0.717, 1.165) is 12.8 Å². The summed E-state index contributed by atoms with van der Waals surface area (Å²) in [4.78, 5) is 11.5. The monoisotopic (exact) mass is 238 g/mol. The molecule has 1 aliphatic rings. The van der Waals surface area contributed by atoms with E-state index >= 15 is 0 Å². The number of carbonyl (C=O) groups is 1. The SMILES string of the molecule is CC1C/C=C\CCCCCCCCCC(=O)O1. The molecule has 0 bridgehead atoms. The van der Waals surface area contributed by atoms with Crippen molar-refractivity contribution in [3.05, 3.63) is 12.2 Å². The van der Waals surface area contributed by atoms with E-state index in [4.69, 9.17) is 4.74 Å². The Labute approximate surface area is 105 Å². The molecule has 1 aliphatic heterocycles. The molecular formula is C15H26O2. The van der Waals surface area contributed by atoms with Crippen LogP contribution < -0.4 is 0 Å². The molecule has 17 heavy (non-hydrogen) atoms. The van der Waals surface area contributed by atoms with E-state index in [1.807, 2.05) is 6.92 Å². The third-order valence-corrected chi connectivity index (χ3v) is 3.22. The second-order valence-electron chi connectivity index (χ2n) is 5.02. The van der Waals surface area contributed by atoms with Gasteiger partial charge in [0.25, 0.3) is 0 Å². The first-order valence-electron chi connectivity index (χ1n) is 7.13. The molecule has 1 rings (SSSR count). The van der Waals surface area contributed by atoms with Crippen molar-refractivity contribution in [1.29, 1.82) is 0 Å². The number of rotatable bonds is 0. The van der Waals surface area contributed by atoms with E-state index in [0.29, 0.717) is 6.42 Å². The summed E-state index contributed by atoms with van der Waals surface area (Å²) in [6.07, 6.45) is 15.7. The molecule has 0 aromatic carbocycles. The molecule has 98 valence electrons. The maximum absolute atomic E-state index is 11.5. The van der Waals surface area contributed by atoms with Crippen LogP contribution in [0.5, 0.6) is 0 Å². The Bertz CT molecular complexity index is 233. The Hall–Kier alpha value is -0.790. The highest BCUT2D eigenvalue weighted by Crippen LogP contribution is 2.12. The summed E-state index contributed by atoms with van der Waals surface area (Å²) >= 11 is 0. The van der Waals surface area contributed by atoms with Gasteiger partial charge in [0.15, 0.2) is 0 Å². The highest BCUT2D eigenvalue weighted by Gasteiger charge is 2.07. The van der Waals surface area contributed by atoms with Crippen molar-refractivity contribution in [2.75, 3.05) is 0 Å². The van der Waals surface area contributed by atoms with Crippen molar-refractivity contribution in [3.63, 3.8) is 0 Å². The Balaban J connectivity index is 2.31. The number of esters is 1. The Morgan fingerprint density at radius 1 is 1.00 bits per heavy atom. The van der Waals surface area contributed by atoms with E-state index in [-0.39, 0.29) is 12.1 Å². The van der Waals surface area contributed by atoms with Gasteiger partial charge in [0, 0.05) is 12.8 Å². The first kappa shape index (κ1) is 14.3. The fourth-order valence-corrected chi connectivity index (χ4v) is 2.15. The summed E-state index contributed by atoms with van der Waals surface area (Å²) in [6, 6.07) is 0. The van der Waals surface area contributed by atoms with Gasteiger partial charge >= 0.3 is 5.97 Å². The van der Waals surface area contributed by atoms with Gasteiger partial charge in [-0.3, -0.25) is 4.79 Å². The second kappa shape index (κ2) is 9.26. The van der Waals surface area contributed by atoms with Gasteiger partial charge in [-0.2, -0.15) is 0 Å². The topological polar surface area (TPSA) is 26.3 Å². The second-order valence-corrected chi connectivity index (χ2v) is 5.02. The van der Waals surface area contributed by atoms with Gasteiger partial charge in [0.2, 0.25) is 0 Å². The summed E-state index contributed by atoms with van der Waals surface area (Å²) < 4.78 is 5.34. The molecular weight excluding hydrogens is 212 g/mol. The molecule has 2 heteroatoms. The van der Waals surface area contributed by atoms with Gasteiger partial charge in [0.05, 0.1) is 0 Å². The van der Waals surface area contributed by atoms with Gasteiger partial charge in [-0.15, -0.1) is 0 Å². The normalized spacial score (nSPS) is 27.6. The maximum Gasteiger partial charge on any atom is 0.306 e. The predicted molar refractivity (Wildman–Crippen MR) is 70.9 cm³/mol. The third kappa shape index (κ3) is 8.00. The van der Waals surface area contributed by atoms with E-state index in [9.17, 15) is 4.79 Å². The average Bonchev–Trinajstić information content (AvgIpc) is 2.30. The zero-order valence-corrected chi connectivity index (χ0v) is 11.1. The van der Waals surface area contributed by atoms with Gasteiger partial charge in [-0.25, -0.2) is 0 Å². The molecule has 0 saturated heterocycles. The number of hydrogen-bond acceptors (Lipinski definition) is 2. The maximum atomic E-state index is 11.5. The molecule has 1 atom stereocenters. The van der Waals surface area contributed by atoms with Crippen LogP contribution in [0.25, 0.3) is 0 Å². The van der Waals surface area contributed by atoms with Crippen molar-refractivity contribution < 1.29 is 9.53 Å². The molecule has 0 aromatic rings. The summed E-state index contributed by atoms with van der Waals surface area (Å²) in [7, 11) is 0.